The number of carbonyl (C=O) groups is 2. The molecule has 0 aliphatic heterocycles. The molecule has 3 N–H and O–H groups in total. The van der Waals surface area contributed by atoms with Gasteiger partial charge < -0.3 is 20.3 Å². The van der Waals surface area contributed by atoms with E-state index in [4.69, 9.17) is 4.74 Å². The molecule has 31 heavy (non-hydrogen) atoms. The molecule has 7 heteroatoms. The summed E-state index contributed by atoms with van der Waals surface area (Å²) in [5, 5.41) is 21.6. The van der Waals surface area contributed by atoms with Crippen LogP contribution in [0.4, 0.5) is 4.79 Å². The average Bonchev–Trinajstić information content (AvgIpc) is 3.08. The lowest BCUT2D eigenvalue weighted by molar-refractivity contribution is -0.139. The number of phenolic OH excluding ortho intramolecular Hbond substituents is 1. The van der Waals surface area contributed by atoms with E-state index < -0.39 is 18.1 Å². The van der Waals surface area contributed by atoms with Gasteiger partial charge in [0.05, 0.1) is 3.57 Å². The number of carbonyl (C=O) groups excluding carboxylic acids is 1. The van der Waals surface area contributed by atoms with Gasteiger partial charge in [0.1, 0.15) is 18.4 Å². The molecule has 0 saturated heterocycles. The molecule has 0 spiro atoms. The zero-order valence-electron chi connectivity index (χ0n) is 16.4. The van der Waals surface area contributed by atoms with E-state index in [1.54, 1.807) is 12.1 Å². The lowest BCUT2D eigenvalue weighted by Gasteiger charge is -2.17. The van der Waals surface area contributed by atoms with Gasteiger partial charge in [0.2, 0.25) is 0 Å². The number of amides is 1. The Balaban J connectivity index is 1.43. The summed E-state index contributed by atoms with van der Waals surface area (Å²) in [6.07, 6.45) is -0.696. The number of ether oxygens (including phenoxy) is 1. The van der Waals surface area contributed by atoms with Gasteiger partial charge in [-0.1, -0.05) is 54.6 Å². The van der Waals surface area contributed by atoms with Crippen LogP contribution in [0.2, 0.25) is 0 Å². The Labute approximate surface area is 193 Å². The van der Waals surface area contributed by atoms with Crippen molar-refractivity contribution >= 4 is 34.7 Å². The minimum absolute atomic E-state index is 0.0792. The summed E-state index contributed by atoms with van der Waals surface area (Å²) in [4.78, 5) is 24.1. The first kappa shape index (κ1) is 21.2. The van der Waals surface area contributed by atoms with Crippen LogP contribution in [0.5, 0.6) is 5.75 Å². The molecular formula is C24H20INO5. The fraction of sp³-hybridized carbons (Fsp3) is 0.167. The number of halogens is 1. The zero-order valence-corrected chi connectivity index (χ0v) is 18.6. The third-order valence-electron chi connectivity index (χ3n) is 5.39. The standard InChI is InChI=1S/C24H20INO5/c25-20-11-14(9-10-22(20)27)12-21(23(28)29)26-24(30)31-13-19-17-7-3-1-5-15(17)16-6-2-4-8-18(16)19/h1-11,19,21,27H,12-13H2,(H,26,30)(H,28,29)/t21-/m1/s1. The molecule has 3 aromatic carbocycles. The number of aliphatic carboxylic acids is 1. The van der Waals surface area contributed by atoms with Crippen LogP contribution in [-0.4, -0.2) is 34.9 Å². The summed E-state index contributed by atoms with van der Waals surface area (Å²) in [6, 6.07) is 19.7. The van der Waals surface area contributed by atoms with Crippen molar-refractivity contribution in [3.63, 3.8) is 0 Å². The van der Waals surface area contributed by atoms with Crippen LogP contribution >= 0.6 is 22.6 Å². The molecule has 0 heterocycles. The topological polar surface area (TPSA) is 95.9 Å². The number of aromatic hydroxyl groups is 1. The third-order valence-corrected chi connectivity index (χ3v) is 6.25. The van der Waals surface area contributed by atoms with Crippen molar-refractivity contribution in [2.24, 2.45) is 0 Å². The van der Waals surface area contributed by atoms with Gasteiger partial charge in [-0.25, -0.2) is 9.59 Å². The number of hydrogen-bond donors (Lipinski definition) is 3. The Morgan fingerprint density at radius 3 is 2.19 bits per heavy atom. The van der Waals surface area contributed by atoms with Crippen LogP contribution in [0.15, 0.2) is 66.7 Å². The zero-order chi connectivity index (χ0) is 22.0. The van der Waals surface area contributed by atoms with E-state index in [1.165, 1.54) is 6.07 Å². The number of hydrogen-bond acceptors (Lipinski definition) is 4. The minimum atomic E-state index is -1.16. The fourth-order valence-electron chi connectivity index (χ4n) is 3.90. The number of fused-ring (bicyclic) bond motifs is 3. The lowest BCUT2D eigenvalue weighted by atomic mass is 9.98. The van der Waals surface area contributed by atoms with Gasteiger partial charge in [0, 0.05) is 12.3 Å². The predicted octanol–water partition coefficient (Wildman–Crippen LogP) is 4.53. The molecule has 0 bridgehead atoms. The molecular weight excluding hydrogens is 509 g/mol. The minimum Gasteiger partial charge on any atom is -0.507 e. The Morgan fingerprint density at radius 1 is 1.00 bits per heavy atom. The molecule has 4 rings (SSSR count). The smallest absolute Gasteiger partial charge is 0.407 e. The quantitative estimate of drug-likeness (QED) is 0.408. The number of benzene rings is 3. The predicted molar refractivity (Wildman–Crippen MR) is 124 cm³/mol. The molecule has 1 aliphatic carbocycles. The van der Waals surface area contributed by atoms with Gasteiger partial charge in [-0.15, -0.1) is 0 Å². The first-order valence-electron chi connectivity index (χ1n) is 9.75. The van der Waals surface area contributed by atoms with Crippen molar-refractivity contribution in [3.05, 3.63) is 87.0 Å². The molecule has 6 nitrogen and oxygen atoms in total. The second kappa shape index (κ2) is 8.97. The molecule has 1 atom stereocenters. The summed E-state index contributed by atoms with van der Waals surface area (Å²) >= 11 is 1.97. The van der Waals surface area contributed by atoms with Gasteiger partial charge in [-0.3, -0.25) is 0 Å². The molecule has 0 radical (unpaired) electrons. The van der Waals surface area contributed by atoms with Crippen molar-refractivity contribution in [2.75, 3.05) is 6.61 Å². The number of rotatable bonds is 6. The van der Waals surface area contributed by atoms with Gasteiger partial charge in [0.15, 0.2) is 0 Å². The summed E-state index contributed by atoms with van der Waals surface area (Å²) in [5.74, 6) is -1.13. The van der Waals surface area contributed by atoms with Gasteiger partial charge in [-0.05, 0) is 62.5 Å². The highest BCUT2D eigenvalue weighted by molar-refractivity contribution is 14.1. The molecule has 0 unspecified atom stereocenters. The SMILES string of the molecule is O=C(N[C@H](Cc1ccc(O)c(I)c1)C(=O)O)OCC1c2ccccc2-c2ccccc21. The van der Waals surface area contributed by atoms with E-state index in [0.29, 0.717) is 9.13 Å². The van der Waals surface area contributed by atoms with E-state index >= 15 is 0 Å². The summed E-state index contributed by atoms with van der Waals surface area (Å²) in [5.41, 5.74) is 5.11. The van der Waals surface area contributed by atoms with Crippen LogP contribution in [-0.2, 0) is 16.0 Å². The Bertz CT molecular complexity index is 1100. The number of nitrogens with one attached hydrogen (secondary N) is 1. The van der Waals surface area contributed by atoms with Crippen molar-refractivity contribution in [2.45, 2.75) is 18.4 Å². The molecule has 1 amide bonds. The number of alkyl carbamates (subject to hydrolysis) is 1. The highest BCUT2D eigenvalue weighted by Gasteiger charge is 2.29. The Morgan fingerprint density at radius 2 is 1.61 bits per heavy atom. The first-order chi connectivity index (χ1) is 14.9. The highest BCUT2D eigenvalue weighted by Crippen LogP contribution is 2.44. The second-order valence-corrected chi connectivity index (χ2v) is 8.51. The summed E-state index contributed by atoms with van der Waals surface area (Å²) in [6.45, 7) is 0.114. The normalized spacial score (nSPS) is 13.2. The maximum Gasteiger partial charge on any atom is 0.407 e. The fourth-order valence-corrected chi connectivity index (χ4v) is 4.48. The number of phenols is 1. The molecule has 0 saturated carbocycles. The van der Waals surface area contributed by atoms with Gasteiger partial charge in [-0.2, -0.15) is 0 Å². The van der Waals surface area contributed by atoms with Crippen molar-refractivity contribution < 1.29 is 24.5 Å². The van der Waals surface area contributed by atoms with E-state index in [1.807, 2.05) is 71.1 Å². The maximum absolute atomic E-state index is 12.4. The third kappa shape index (κ3) is 4.51. The van der Waals surface area contributed by atoms with Crippen LogP contribution in [0.1, 0.15) is 22.6 Å². The largest absolute Gasteiger partial charge is 0.507 e. The average molecular weight is 529 g/mol. The van der Waals surface area contributed by atoms with Crippen LogP contribution in [0.25, 0.3) is 11.1 Å². The van der Waals surface area contributed by atoms with Crippen LogP contribution < -0.4 is 5.32 Å². The van der Waals surface area contributed by atoms with Gasteiger partial charge >= 0.3 is 12.1 Å². The monoisotopic (exact) mass is 529 g/mol. The van der Waals surface area contributed by atoms with E-state index in [9.17, 15) is 19.8 Å². The van der Waals surface area contributed by atoms with Crippen molar-refractivity contribution in [1.82, 2.24) is 5.32 Å². The molecule has 158 valence electrons. The molecule has 1 aliphatic rings. The van der Waals surface area contributed by atoms with Crippen molar-refractivity contribution in [3.8, 4) is 16.9 Å². The van der Waals surface area contributed by atoms with E-state index in [0.717, 1.165) is 22.3 Å². The van der Waals surface area contributed by atoms with E-state index in [2.05, 4.69) is 5.32 Å². The van der Waals surface area contributed by atoms with Crippen LogP contribution in [0.3, 0.4) is 0 Å². The molecule has 3 aromatic rings. The summed E-state index contributed by atoms with van der Waals surface area (Å²) in [7, 11) is 0. The number of carboxylic acids is 1. The van der Waals surface area contributed by atoms with Gasteiger partial charge in [0.25, 0.3) is 0 Å². The Kier molecular flexibility index (Phi) is 6.13. The van der Waals surface area contributed by atoms with Crippen LogP contribution in [0, 0.1) is 3.57 Å². The second-order valence-electron chi connectivity index (χ2n) is 7.35. The summed E-state index contributed by atoms with van der Waals surface area (Å²) < 4.78 is 6.06. The maximum atomic E-state index is 12.4. The number of carboxylic acid groups (broad SMARTS) is 1. The van der Waals surface area contributed by atoms with E-state index in [-0.39, 0.29) is 24.7 Å². The lowest BCUT2D eigenvalue weighted by Crippen LogP contribution is -2.42. The van der Waals surface area contributed by atoms with Crippen molar-refractivity contribution in [1.29, 1.82) is 0 Å². The Hall–Kier alpha value is -3.07. The highest BCUT2D eigenvalue weighted by atomic mass is 127. The molecule has 0 aromatic heterocycles. The molecule has 0 fully saturated rings. The first-order valence-corrected chi connectivity index (χ1v) is 10.8.